The fourth-order valence-corrected chi connectivity index (χ4v) is 3.62. The molecule has 1 unspecified atom stereocenters. The summed E-state index contributed by atoms with van der Waals surface area (Å²) in [6, 6.07) is 10.4. The number of hydrogen-bond acceptors (Lipinski definition) is 5. The minimum atomic E-state index is -0.813. The topological polar surface area (TPSA) is 72.3 Å². The Hall–Kier alpha value is -2.25. The van der Waals surface area contributed by atoms with Crippen LogP contribution in [0.1, 0.15) is 50.3 Å². The molecule has 1 N–H and O–H groups in total. The number of hydrogen-bond donors (Lipinski definition) is 1. The van der Waals surface area contributed by atoms with Gasteiger partial charge in [0, 0.05) is 19.0 Å². The minimum Gasteiger partial charge on any atom is -0.370 e. The first-order chi connectivity index (χ1) is 13.4. The van der Waals surface area contributed by atoms with Gasteiger partial charge in [-0.05, 0) is 32.5 Å². The molecule has 2 heterocycles. The average Bonchev–Trinajstić information content (AvgIpc) is 3.12. The zero-order valence-corrected chi connectivity index (χ0v) is 17.3. The van der Waals surface area contributed by atoms with Crippen LogP contribution in [0.3, 0.4) is 0 Å². The van der Waals surface area contributed by atoms with Crippen molar-refractivity contribution in [2.45, 2.75) is 51.8 Å². The van der Waals surface area contributed by atoms with Crippen molar-refractivity contribution in [1.82, 2.24) is 25.0 Å². The van der Waals surface area contributed by atoms with E-state index in [1.165, 1.54) is 5.56 Å². The van der Waals surface area contributed by atoms with E-state index in [9.17, 15) is 4.79 Å². The summed E-state index contributed by atoms with van der Waals surface area (Å²) in [5.41, 5.74) is 0.481. The first-order valence-electron chi connectivity index (χ1n) is 9.95. The monoisotopic (exact) mass is 385 g/mol. The second-order valence-electron chi connectivity index (χ2n) is 8.06. The van der Waals surface area contributed by atoms with Crippen molar-refractivity contribution in [3.8, 4) is 0 Å². The number of aromatic nitrogens is 3. The summed E-state index contributed by atoms with van der Waals surface area (Å²) in [6.07, 6.45) is 0.887. The van der Waals surface area contributed by atoms with Crippen LogP contribution in [0.15, 0.2) is 30.3 Å². The number of rotatable bonds is 8. The Kier molecular flexibility index (Phi) is 6.46. The standard InChI is InChI=1S/C21H31N5O2/c1-16(2)19-24-23-18-14-28-15-21(3,26(18)19)20(27)22-11-8-12-25(4)13-17-9-6-5-7-10-17/h5-7,9-10,16H,8,11-15H2,1-4H3,(H,22,27). The molecule has 0 spiro atoms. The maximum atomic E-state index is 13.0. The molecule has 1 aromatic carbocycles. The molecule has 0 saturated heterocycles. The highest BCUT2D eigenvalue weighted by molar-refractivity contribution is 5.84. The van der Waals surface area contributed by atoms with Crippen molar-refractivity contribution >= 4 is 5.91 Å². The van der Waals surface area contributed by atoms with Crippen LogP contribution < -0.4 is 5.32 Å². The van der Waals surface area contributed by atoms with Crippen LogP contribution >= 0.6 is 0 Å². The molecule has 0 radical (unpaired) electrons. The molecule has 152 valence electrons. The number of carbonyl (C=O) groups is 1. The predicted molar refractivity (Wildman–Crippen MR) is 108 cm³/mol. The maximum Gasteiger partial charge on any atom is 0.248 e. The fourth-order valence-electron chi connectivity index (χ4n) is 3.62. The number of benzene rings is 1. The van der Waals surface area contributed by atoms with Crippen molar-refractivity contribution in [2.24, 2.45) is 0 Å². The van der Waals surface area contributed by atoms with Crippen LogP contribution in [-0.2, 0) is 28.2 Å². The van der Waals surface area contributed by atoms with E-state index in [0.29, 0.717) is 19.8 Å². The molecule has 0 aliphatic carbocycles. The summed E-state index contributed by atoms with van der Waals surface area (Å²) in [5, 5.41) is 11.6. The molecule has 1 atom stereocenters. The maximum absolute atomic E-state index is 13.0. The zero-order chi connectivity index (χ0) is 20.1. The summed E-state index contributed by atoms with van der Waals surface area (Å²) in [6.45, 7) is 9.20. The summed E-state index contributed by atoms with van der Waals surface area (Å²) in [4.78, 5) is 15.3. The molecular formula is C21H31N5O2. The van der Waals surface area contributed by atoms with Gasteiger partial charge in [0.05, 0.1) is 6.61 Å². The van der Waals surface area contributed by atoms with E-state index in [4.69, 9.17) is 4.74 Å². The van der Waals surface area contributed by atoms with E-state index in [2.05, 4.69) is 65.6 Å². The minimum absolute atomic E-state index is 0.0409. The summed E-state index contributed by atoms with van der Waals surface area (Å²) < 4.78 is 7.61. The van der Waals surface area contributed by atoms with Crippen LogP contribution in [0, 0.1) is 0 Å². The van der Waals surface area contributed by atoms with Crippen molar-refractivity contribution in [1.29, 1.82) is 0 Å². The quantitative estimate of drug-likeness (QED) is 0.706. The molecule has 7 nitrogen and oxygen atoms in total. The van der Waals surface area contributed by atoms with Gasteiger partial charge in [-0.25, -0.2) is 0 Å². The van der Waals surface area contributed by atoms with Gasteiger partial charge in [0.15, 0.2) is 5.82 Å². The molecular weight excluding hydrogens is 354 g/mol. The molecule has 1 aliphatic heterocycles. The number of fused-ring (bicyclic) bond motifs is 1. The normalized spacial score (nSPS) is 19.1. The SMILES string of the molecule is CC(C)c1nnc2n1C(C)(C(=O)NCCCN(C)Cc1ccccc1)COC2. The third kappa shape index (κ3) is 4.42. The predicted octanol–water partition coefficient (Wildman–Crippen LogP) is 2.29. The van der Waals surface area contributed by atoms with Crippen molar-refractivity contribution in [3.05, 3.63) is 47.5 Å². The van der Waals surface area contributed by atoms with Gasteiger partial charge < -0.3 is 15.0 Å². The first-order valence-corrected chi connectivity index (χ1v) is 9.95. The number of amides is 1. The largest absolute Gasteiger partial charge is 0.370 e. The van der Waals surface area contributed by atoms with Gasteiger partial charge in [-0.1, -0.05) is 44.2 Å². The van der Waals surface area contributed by atoms with E-state index < -0.39 is 5.54 Å². The Bertz CT molecular complexity index is 789. The van der Waals surface area contributed by atoms with E-state index in [-0.39, 0.29) is 11.8 Å². The van der Waals surface area contributed by atoms with Crippen LogP contribution in [0.4, 0.5) is 0 Å². The van der Waals surface area contributed by atoms with Gasteiger partial charge >= 0.3 is 0 Å². The molecule has 7 heteroatoms. The van der Waals surface area contributed by atoms with Crippen LogP contribution in [0.5, 0.6) is 0 Å². The van der Waals surface area contributed by atoms with Gasteiger partial charge in [0.2, 0.25) is 5.91 Å². The Morgan fingerprint density at radius 3 is 2.79 bits per heavy atom. The molecule has 3 rings (SSSR count). The van der Waals surface area contributed by atoms with Gasteiger partial charge in [-0.3, -0.25) is 9.36 Å². The molecule has 2 aromatic rings. The van der Waals surface area contributed by atoms with E-state index >= 15 is 0 Å². The molecule has 28 heavy (non-hydrogen) atoms. The molecule has 0 saturated carbocycles. The Balaban J connectivity index is 1.53. The summed E-state index contributed by atoms with van der Waals surface area (Å²) in [5.74, 6) is 1.70. The summed E-state index contributed by atoms with van der Waals surface area (Å²) >= 11 is 0. The van der Waals surface area contributed by atoms with Crippen LogP contribution in [0.25, 0.3) is 0 Å². The number of carbonyl (C=O) groups excluding carboxylic acids is 1. The smallest absolute Gasteiger partial charge is 0.248 e. The van der Waals surface area contributed by atoms with Crippen LogP contribution in [0.2, 0.25) is 0 Å². The van der Waals surface area contributed by atoms with E-state index in [0.717, 1.165) is 31.2 Å². The second-order valence-corrected chi connectivity index (χ2v) is 8.06. The number of nitrogens with zero attached hydrogens (tertiary/aromatic N) is 4. The lowest BCUT2D eigenvalue weighted by molar-refractivity contribution is -0.135. The Morgan fingerprint density at radius 1 is 1.32 bits per heavy atom. The van der Waals surface area contributed by atoms with Gasteiger partial charge in [0.25, 0.3) is 0 Å². The molecule has 1 aromatic heterocycles. The summed E-state index contributed by atoms with van der Waals surface area (Å²) in [7, 11) is 2.10. The lowest BCUT2D eigenvalue weighted by Gasteiger charge is -2.35. The van der Waals surface area contributed by atoms with Crippen molar-refractivity contribution < 1.29 is 9.53 Å². The molecule has 0 fully saturated rings. The molecule has 0 bridgehead atoms. The zero-order valence-electron chi connectivity index (χ0n) is 17.3. The first kappa shape index (κ1) is 20.5. The third-order valence-electron chi connectivity index (χ3n) is 5.17. The highest BCUT2D eigenvalue weighted by Gasteiger charge is 2.42. The second kappa shape index (κ2) is 8.84. The molecule has 1 amide bonds. The van der Waals surface area contributed by atoms with Crippen molar-refractivity contribution in [2.75, 3.05) is 26.7 Å². The lowest BCUT2D eigenvalue weighted by atomic mass is 9.99. The number of nitrogens with one attached hydrogen (secondary N) is 1. The van der Waals surface area contributed by atoms with Crippen molar-refractivity contribution in [3.63, 3.8) is 0 Å². The highest BCUT2D eigenvalue weighted by Crippen LogP contribution is 2.29. The lowest BCUT2D eigenvalue weighted by Crippen LogP contribution is -2.53. The molecule has 1 aliphatic rings. The fraction of sp³-hybridized carbons (Fsp3) is 0.571. The highest BCUT2D eigenvalue weighted by atomic mass is 16.5. The van der Waals surface area contributed by atoms with Gasteiger partial charge in [0.1, 0.15) is 18.0 Å². The van der Waals surface area contributed by atoms with E-state index in [1.54, 1.807) is 0 Å². The Labute approximate surface area is 167 Å². The average molecular weight is 386 g/mol. The Morgan fingerprint density at radius 2 is 2.07 bits per heavy atom. The number of ether oxygens (including phenoxy) is 1. The van der Waals surface area contributed by atoms with E-state index in [1.807, 2.05) is 17.6 Å². The van der Waals surface area contributed by atoms with Gasteiger partial charge in [-0.2, -0.15) is 0 Å². The third-order valence-corrected chi connectivity index (χ3v) is 5.17. The van der Waals surface area contributed by atoms with Crippen LogP contribution in [-0.4, -0.2) is 52.3 Å². The van der Waals surface area contributed by atoms with Gasteiger partial charge in [-0.15, -0.1) is 10.2 Å².